The highest BCUT2D eigenvalue weighted by Crippen LogP contribution is 2.36. The molecule has 0 saturated carbocycles. The van der Waals surface area contributed by atoms with E-state index in [1.165, 1.54) is 22.9 Å². The summed E-state index contributed by atoms with van der Waals surface area (Å²) in [6.07, 6.45) is 2.31. The van der Waals surface area contributed by atoms with E-state index in [2.05, 4.69) is 45.0 Å². The Bertz CT molecular complexity index is 574. The first-order chi connectivity index (χ1) is 7.97. The van der Waals surface area contributed by atoms with Crippen LogP contribution in [0.2, 0.25) is 0 Å². The van der Waals surface area contributed by atoms with Crippen LogP contribution < -0.4 is 0 Å². The molecule has 1 aliphatic carbocycles. The van der Waals surface area contributed by atoms with Gasteiger partial charge in [0, 0.05) is 16.4 Å². The van der Waals surface area contributed by atoms with Gasteiger partial charge in [0.2, 0.25) is 0 Å². The van der Waals surface area contributed by atoms with Crippen LogP contribution in [0.3, 0.4) is 0 Å². The predicted octanol–water partition coefficient (Wildman–Crippen LogP) is 3.86. The molecule has 0 fully saturated rings. The van der Waals surface area contributed by atoms with Gasteiger partial charge in [0.25, 0.3) is 0 Å². The molecular weight excluding hydrogens is 210 g/mol. The van der Waals surface area contributed by atoms with Gasteiger partial charge in [0.1, 0.15) is 0 Å². The van der Waals surface area contributed by atoms with Crippen LogP contribution in [0.1, 0.15) is 44.5 Å². The normalized spacial score (nSPS) is 19.9. The molecule has 2 nitrogen and oxygen atoms in total. The molecule has 17 heavy (non-hydrogen) atoms. The number of hydrogen-bond acceptors (Lipinski definition) is 2. The van der Waals surface area contributed by atoms with Gasteiger partial charge in [-0.15, -0.1) is 0 Å². The molecule has 3 rings (SSSR count). The third-order valence-electron chi connectivity index (χ3n) is 3.67. The van der Waals surface area contributed by atoms with Crippen LogP contribution in [0, 0.1) is 5.92 Å². The van der Waals surface area contributed by atoms with Crippen molar-refractivity contribution >= 4 is 11.0 Å². The molecule has 1 aromatic carbocycles. The Hall–Kier alpha value is -1.31. The van der Waals surface area contributed by atoms with E-state index in [-0.39, 0.29) is 5.41 Å². The minimum absolute atomic E-state index is 0.0453. The molecule has 0 unspecified atom stereocenters. The highest BCUT2D eigenvalue weighted by atomic mass is 16.5. The number of rotatable bonds is 0. The van der Waals surface area contributed by atoms with Crippen molar-refractivity contribution in [3.8, 4) is 0 Å². The summed E-state index contributed by atoms with van der Waals surface area (Å²) in [6, 6.07) is 4.44. The van der Waals surface area contributed by atoms with Crippen molar-refractivity contribution in [2.45, 2.75) is 46.0 Å². The van der Waals surface area contributed by atoms with Crippen molar-refractivity contribution in [2.75, 3.05) is 0 Å². The summed E-state index contributed by atoms with van der Waals surface area (Å²) in [4.78, 5) is 0. The third kappa shape index (κ3) is 1.58. The van der Waals surface area contributed by atoms with Gasteiger partial charge in [-0.3, -0.25) is 0 Å². The summed E-state index contributed by atoms with van der Waals surface area (Å²) in [7, 11) is 0. The molecule has 1 heterocycles. The molecule has 0 radical (unpaired) electrons. The average molecular weight is 229 g/mol. The number of hydrogen-bond donors (Lipinski definition) is 0. The van der Waals surface area contributed by atoms with Crippen LogP contribution in [0.25, 0.3) is 11.0 Å². The van der Waals surface area contributed by atoms with Crippen LogP contribution in [0.4, 0.5) is 0 Å². The number of fused-ring (bicyclic) bond motifs is 3. The van der Waals surface area contributed by atoms with E-state index in [0.717, 1.165) is 23.6 Å². The van der Waals surface area contributed by atoms with Gasteiger partial charge < -0.3 is 4.52 Å². The zero-order valence-electron chi connectivity index (χ0n) is 11.0. The number of benzene rings is 1. The molecule has 0 aliphatic heterocycles. The Morgan fingerprint density at radius 1 is 1.24 bits per heavy atom. The first-order valence-electron chi connectivity index (χ1n) is 6.37. The van der Waals surface area contributed by atoms with E-state index < -0.39 is 0 Å². The second-order valence-electron chi connectivity index (χ2n) is 6.37. The molecule has 1 aliphatic rings. The lowest BCUT2D eigenvalue weighted by molar-refractivity contribution is 0.418. The second-order valence-corrected chi connectivity index (χ2v) is 6.37. The maximum atomic E-state index is 5.62. The lowest BCUT2D eigenvalue weighted by atomic mass is 9.89. The van der Waals surface area contributed by atoms with Gasteiger partial charge in [-0.05, 0) is 30.4 Å². The predicted molar refractivity (Wildman–Crippen MR) is 69.3 cm³/mol. The highest BCUT2D eigenvalue weighted by Gasteiger charge is 2.27. The number of nitrogens with zero attached hydrogens (tertiary/aromatic N) is 1. The highest BCUT2D eigenvalue weighted by molar-refractivity contribution is 5.85. The summed E-state index contributed by atoms with van der Waals surface area (Å²) < 4.78 is 5.62. The summed E-state index contributed by atoms with van der Waals surface area (Å²) in [6.45, 7) is 8.84. The smallest absolute Gasteiger partial charge is 0.170 e. The summed E-state index contributed by atoms with van der Waals surface area (Å²) >= 11 is 0. The van der Waals surface area contributed by atoms with E-state index in [1.807, 2.05) is 0 Å². The first-order valence-corrected chi connectivity index (χ1v) is 6.37. The molecule has 0 amide bonds. The minimum Gasteiger partial charge on any atom is -0.356 e. The second kappa shape index (κ2) is 3.34. The molecule has 2 heteroatoms. The van der Waals surface area contributed by atoms with Gasteiger partial charge in [-0.25, -0.2) is 0 Å². The van der Waals surface area contributed by atoms with E-state index in [9.17, 15) is 0 Å². The SMILES string of the molecule is C[C@H]1Cc2ccc3c(C(C)(C)C)noc3c2C1. The molecule has 1 atom stereocenters. The summed E-state index contributed by atoms with van der Waals surface area (Å²) in [5, 5.41) is 5.49. The van der Waals surface area contributed by atoms with Gasteiger partial charge >= 0.3 is 0 Å². The Balaban J connectivity index is 2.25. The Kier molecular flexibility index (Phi) is 2.13. The molecular formula is C15H19NO. The van der Waals surface area contributed by atoms with Crippen LogP contribution in [-0.4, -0.2) is 5.16 Å². The summed E-state index contributed by atoms with van der Waals surface area (Å²) in [5.41, 5.74) is 4.98. The van der Waals surface area contributed by atoms with Crippen LogP contribution >= 0.6 is 0 Å². The van der Waals surface area contributed by atoms with Crippen molar-refractivity contribution < 1.29 is 4.52 Å². The molecule has 90 valence electrons. The Morgan fingerprint density at radius 3 is 2.71 bits per heavy atom. The van der Waals surface area contributed by atoms with Gasteiger partial charge in [-0.1, -0.05) is 38.9 Å². The first kappa shape index (κ1) is 10.8. The lowest BCUT2D eigenvalue weighted by Gasteiger charge is -2.14. The Morgan fingerprint density at radius 2 is 2.00 bits per heavy atom. The summed E-state index contributed by atoms with van der Waals surface area (Å²) in [5.74, 6) is 0.735. The topological polar surface area (TPSA) is 26.0 Å². The van der Waals surface area contributed by atoms with Crippen molar-refractivity contribution in [2.24, 2.45) is 5.92 Å². The molecule has 0 N–H and O–H groups in total. The van der Waals surface area contributed by atoms with Crippen LogP contribution in [0.5, 0.6) is 0 Å². The van der Waals surface area contributed by atoms with Crippen molar-refractivity contribution in [1.82, 2.24) is 5.16 Å². The fraction of sp³-hybridized carbons (Fsp3) is 0.533. The fourth-order valence-electron chi connectivity index (χ4n) is 2.85. The fourth-order valence-corrected chi connectivity index (χ4v) is 2.85. The molecule has 0 spiro atoms. The van der Waals surface area contributed by atoms with Crippen LogP contribution in [-0.2, 0) is 18.3 Å². The van der Waals surface area contributed by atoms with Gasteiger partial charge in [-0.2, -0.15) is 0 Å². The van der Waals surface area contributed by atoms with Crippen molar-refractivity contribution in [1.29, 1.82) is 0 Å². The van der Waals surface area contributed by atoms with Gasteiger partial charge in [0.05, 0.1) is 5.69 Å². The van der Waals surface area contributed by atoms with Gasteiger partial charge in [0.15, 0.2) is 5.58 Å². The van der Waals surface area contributed by atoms with Crippen LogP contribution in [0.15, 0.2) is 16.7 Å². The minimum atomic E-state index is 0.0453. The average Bonchev–Trinajstić information content (AvgIpc) is 2.76. The number of aromatic nitrogens is 1. The molecule has 0 bridgehead atoms. The zero-order chi connectivity index (χ0) is 12.2. The van der Waals surface area contributed by atoms with E-state index in [4.69, 9.17) is 4.52 Å². The maximum absolute atomic E-state index is 5.62. The van der Waals surface area contributed by atoms with E-state index in [1.54, 1.807) is 0 Å². The van der Waals surface area contributed by atoms with Crippen molar-refractivity contribution in [3.63, 3.8) is 0 Å². The standard InChI is InChI=1S/C15H19NO/c1-9-7-10-5-6-11-13(12(10)8-9)17-16-14(11)15(2,3)4/h5-6,9H,7-8H2,1-4H3/t9-/m0/s1. The van der Waals surface area contributed by atoms with E-state index >= 15 is 0 Å². The molecule has 0 saturated heterocycles. The van der Waals surface area contributed by atoms with Crippen molar-refractivity contribution in [3.05, 3.63) is 29.0 Å². The molecule has 2 aromatic rings. The third-order valence-corrected chi connectivity index (χ3v) is 3.67. The monoisotopic (exact) mass is 229 g/mol. The van der Waals surface area contributed by atoms with E-state index in [0.29, 0.717) is 0 Å². The zero-order valence-corrected chi connectivity index (χ0v) is 11.0. The quantitative estimate of drug-likeness (QED) is 0.685. The maximum Gasteiger partial charge on any atom is 0.170 e. The lowest BCUT2D eigenvalue weighted by Crippen LogP contribution is -2.11. The Labute approximate surface area is 102 Å². The molecule has 1 aromatic heterocycles. The largest absolute Gasteiger partial charge is 0.356 e.